The summed E-state index contributed by atoms with van der Waals surface area (Å²) < 4.78 is 6.93. The van der Waals surface area contributed by atoms with E-state index in [2.05, 4.69) is 10.3 Å². The fraction of sp³-hybridized carbons (Fsp3) is 0.286. The van der Waals surface area contributed by atoms with Crippen LogP contribution in [-0.2, 0) is 6.54 Å². The summed E-state index contributed by atoms with van der Waals surface area (Å²) in [7, 11) is 3.50. The number of aromatic nitrogens is 2. The quantitative estimate of drug-likeness (QED) is 0.877. The third-order valence-corrected chi connectivity index (χ3v) is 3.03. The van der Waals surface area contributed by atoms with Crippen LogP contribution in [0.15, 0.2) is 47.7 Å². The van der Waals surface area contributed by atoms with E-state index in [9.17, 15) is 4.79 Å². The third kappa shape index (κ3) is 3.00. The van der Waals surface area contributed by atoms with Crippen LogP contribution in [0.3, 0.4) is 0 Å². The lowest BCUT2D eigenvalue weighted by Crippen LogP contribution is -2.28. The van der Waals surface area contributed by atoms with E-state index in [1.165, 1.54) is 12.3 Å². The highest BCUT2D eigenvalue weighted by Gasteiger charge is 2.14. The van der Waals surface area contributed by atoms with Crippen molar-refractivity contribution in [3.63, 3.8) is 0 Å². The van der Waals surface area contributed by atoms with Gasteiger partial charge in [-0.2, -0.15) is 0 Å². The Kier molecular flexibility index (Phi) is 4.30. The molecule has 0 aliphatic heterocycles. The molecule has 5 nitrogen and oxygen atoms in total. The van der Waals surface area contributed by atoms with Gasteiger partial charge in [0.05, 0.1) is 19.5 Å². The smallest absolute Gasteiger partial charge is 0.253 e. The van der Waals surface area contributed by atoms with Crippen LogP contribution in [0.5, 0.6) is 5.75 Å². The van der Waals surface area contributed by atoms with Crippen LogP contribution < -0.4 is 15.6 Å². The van der Waals surface area contributed by atoms with E-state index in [1.807, 2.05) is 31.3 Å². The molecular formula is C14H17N3O2. The van der Waals surface area contributed by atoms with Gasteiger partial charge in [-0.1, -0.05) is 18.2 Å². The van der Waals surface area contributed by atoms with E-state index in [4.69, 9.17) is 4.74 Å². The monoisotopic (exact) mass is 259 g/mol. The van der Waals surface area contributed by atoms with Crippen molar-refractivity contribution >= 4 is 0 Å². The van der Waals surface area contributed by atoms with E-state index in [0.717, 1.165) is 11.3 Å². The first-order valence-corrected chi connectivity index (χ1v) is 6.07. The zero-order valence-electron chi connectivity index (χ0n) is 11.0. The van der Waals surface area contributed by atoms with Crippen LogP contribution in [0.25, 0.3) is 0 Å². The van der Waals surface area contributed by atoms with E-state index in [1.54, 1.807) is 18.0 Å². The molecule has 0 spiro atoms. The Bertz CT molecular complexity index is 595. The van der Waals surface area contributed by atoms with E-state index in [-0.39, 0.29) is 11.6 Å². The van der Waals surface area contributed by atoms with Crippen molar-refractivity contribution in [2.45, 2.75) is 12.6 Å². The summed E-state index contributed by atoms with van der Waals surface area (Å²) >= 11 is 0. The standard InChI is InChI=1S/C14H17N3O2/c1-15-12(9-17-10-16-8-7-14(17)18)11-5-3-4-6-13(11)19-2/h3-8,10,12,15H,9H2,1-2H3. The number of rotatable bonds is 5. The first-order valence-electron chi connectivity index (χ1n) is 6.07. The van der Waals surface area contributed by atoms with Crippen LogP contribution in [0, 0.1) is 0 Å². The van der Waals surface area contributed by atoms with Gasteiger partial charge in [0.25, 0.3) is 5.56 Å². The number of benzene rings is 1. The van der Waals surface area contributed by atoms with Gasteiger partial charge in [-0.3, -0.25) is 9.36 Å². The molecular weight excluding hydrogens is 242 g/mol. The summed E-state index contributed by atoms with van der Waals surface area (Å²) in [6, 6.07) is 9.21. The molecule has 1 heterocycles. The second-order valence-electron chi connectivity index (χ2n) is 4.15. The lowest BCUT2D eigenvalue weighted by atomic mass is 10.1. The molecule has 1 atom stereocenters. The Morgan fingerprint density at radius 2 is 2.16 bits per heavy atom. The van der Waals surface area contributed by atoms with Crippen molar-refractivity contribution in [2.24, 2.45) is 0 Å². The minimum Gasteiger partial charge on any atom is -0.496 e. The second-order valence-corrected chi connectivity index (χ2v) is 4.15. The summed E-state index contributed by atoms with van der Waals surface area (Å²) in [5.41, 5.74) is 0.952. The average Bonchev–Trinajstić information content (AvgIpc) is 2.46. The maximum atomic E-state index is 11.7. The van der Waals surface area contributed by atoms with Crippen LogP contribution >= 0.6 is 0 Å². The highest BCUT2D eigenvalue weighted by Crippen LogP contribution is 2.25. The average molecular weight is 259 g/mol. The molecule has 2 aromatic rings. The van der Waals surface area contributed by atoms with Crippen molar-refractivity contribution in [1.29, 1.82) is 0 Å². The number of likely N-dealkylation sites (N-methyl/N-ethyl adjacent to an activating group) is 1. The van der Waals surface area contributed by atoms with Crippen LogP contribution in [0.1, 0.15) is 11.6 Å². The Morgan fingerprint density at radius 1 is 1.37 bits per heavy atom. The van der Waals surface area contributed by atoms with Crippen molar-refractivity contribution in [2.75, 3.05) is 14.2 Å². The van der Waals surface area contributed by atoms with Crippen molar-refractivity contribution in [3.8, 4) is 5.75 Å². The zero-order valence-corrected chi connectivity index (χ0v) is 11.0. The molecule has 1 aromatic heterocycles. The molecule has 0 aliphatic carbocycles. The van der Waals surface area contributed by atoms with Crippen LogP contribution in [0.4, 0.5) is 0 Å². The number of hydrogen-bond acceptors (Lipinski definition) is 4. The van der Waals surface area contributed by atoms with Crippen molar-refractivity contribution in [1.82, 2.24) is 14.9 Å². The van der Waals surface area contributed by atoms with Gasteiger partial charge >= 0.3 is 0 Å². The molecule has 0 amide bonds. The number of methoxy groups -OCH3 is 1. The molecule has 2 rings (SSSR count). The number of hydrogen-bond donors (Lipinski definition) is 1. The molecule has 0 saturated heterocycles. The molecule has 100 valence electrons. The Balaban J connectivity index is 2.31. The normalized spacial score (nSPS) is 12.1. The summed E-state index contributed by atoms with van der Waals surface area (Å²) in [5.74, 6) is 0.804. The lowest BCUT2D eigenvalue weighted by Gasteiger charge is -2.20. The topological polar surface area (TPSA) is 56.2 Å². The maximum absolute atomic E-state index is 11.7. The summed E-state index contributed by atoms with van der Waals surface area (Å²) in [5, 5.41) is 3.20. The number of nitrogens with one attached hydrogen (secondary N) is 1. The molecule has 1 aromatic carbocycles. The van der Waals surface area contributed by atoms with Crippen molar-refractivity contribution in [3.05, 3.63) is 58.8 Å². The molecule has 5 heteroatoms. The molecule has 0 fully saturated rings. The van der Waals surface area contributed by atoms with Gasteiger partial charge in [0, 0.05) is 24.4 Å². The van der Waals surface area contributed by atoms with Crippen LogP contribution in [0.2, 0.25) is 0 Å². The SMILES string of the molecule is CNC(Cn1cnccc1=O)c1ccccc1OC. The minimum absolute atomic E-state index is 0.0157. The van der Waals surface area contributed by atoms with E-state index < -0.39 is 0 Å². The molecule has 0 radical (unpaired) electrons. The fourth-order valence-corrected chi connectivity index (χ4v) is 2.01. The summed E-state index contributed by atoms with van der Waals surface area (Å²) in [4.78, 5) is 15.7. The third-order valence-electron chi connectivity index (χ3n) is 3.03. The van der Waals surface area contributed by atoms with Gasteiger partial charge in [-0.25, -0.2) is 4.98 Å². The Morgan fingerprint density at radius 3 is 2.84 bits per heavy atom. The molecule has 1 N–H and O–H groups in total. The zero-order chi connectivity index (χ0) is 13.7. The molecule has 0 saturated carbocycles. The maximum Gasteiger partial charge on any atom is 0.253 e. The van der Waals surface area contributed by atoms with Gasteiger partial charge in [-0.05, 0) is 13.1 Å². The Labute approximate surface area is 111 Å². The van der Waals surface area contributed by atoms with E-state index >= 15 is 0 Å². The number of ether oxygens (including phenoxy) is 1. The minimum atomic E-state index is -0.0647. The van der Waals surface area contributed by atoms with Crippen molar-refractivity contribution < 1.29 is 4.74 Å². The van der Waals surface area contributed by atoms with Gasteiger partial charge in [-0.15, -0.1) is 0 Å². The lowest BCUT2D eigenvalue weighted by molar-refractivity contribution is 0.393. The molecule has 0 bridgehead atoms. The predicted octanol–water partition coefficient (Wildman–Crippen LogP) is 1.21. The van der Waals surface area contributed by atoms with Gasteiger partial charge in [0.2, 0.25) is 0 Å². The predicted molar refractivity (Wildman–Crippen MR) is 73.3 cm³/mol. The van der Waals surface area contributed by atoms with Gasteiger partial charge in [0.15, 0.2) is 0 Å². The summed E-state index contributed by atoms with van der Waals surface area (Å²) in [6.45, 7) is 0.504. The van der Waals surface area contributed by atoms with E-state index in [0.29, 0.717) is 6.54 Å². The molecule has 0 aliphatic rings. The first-order chi connectivity index (χ1) is 9.26. The fourth-order valence-electron chi connectivity index (χ4n) is 2.01. The number of nitrogens with zero attached hydrogens (tertiary/aromatic N) is 2. The number of para-hydroxylation sites is 1. The molecule has 19 heavy (non-hydrogen) atoms. The van der Waals surface area contributed by atoms with Crippen LogP contribution in [-0.4, -0.2) is 23.7 Å². The highest BCUT2D eigenvalue weighted by molar-refractivity contribution is 5.35. The second kappa shape index (κ2) is 6.15. The van der Waals surface area contributed by atoms with Gasteiger partial charge < -0.3 is 10.1 Å². The highest BCUT2D eigenvalue weighted by atomic mass is 16.5. The van der Waals surface area contributed by atoms with Gasteiger partial charge in [0.1, 0.15) is 5.75 Å². The largest absolute Gasteiger partial charge is 0.496 e. The Hall–Kier alpha value is -2.14. The molecule has 1 unspecified atom stereocenters. The first kappa shape index (κ1) is 13.3. The summed E-state index contributed by atoms with van der Waals surface area (Å²) in [6.07, 6.45) is 3.04.